The maximum atomic E-state index is 11.8. The van der Waals surface area contributed by atoms with Gasteiger partial charge in [0.15, 0.2) is 5.65 Å². The third kappa shape index (κ3) is 2.51. The predicted octanol–water partition coefficient (Wildman–Crippen LogP) is 0.821. The fraction of sp³-hybridized carbons (Fsp3) is 0.538. The number of methoxy groups -OCH3 is 1. The number of hydrogen-bond acceptors (Lipinski definition) is 6. The molecule has 9 heteroatoms. The Hall–Kier alpha value is -1.49. The Morgan fingerprint density at radius 3 is 3.00 bits per heavy atom. The van der Waals surface area contributed by atoms with Gasteiger partial charge in [0.1, 0.15) is 15.8 Å². The van der Waals surface area contributed by atoms with Gasteiger partial charge in [-0.2, -0.15) is 5.10 Å². The summed E-state index contributed by atoms with van der Waals surface area (Å²) in [6.07, 6.45) is 2.22. The molecule has 118 valence electrons. The fourth-order valence-corrected chi connectivity index (χ4v) is 3.76. The van der Waals surface area contributed by atoms with E-state index in [0.29, 0.717) is 24.6 Å². The molecule has 1 unspecified atom stereocenters. The third-order valence-electron chi connectivity index (χ3n) is 3.98. The number of carbonyl (C=O) groups excluding carboxylic acids is 1. The number of amides is 1. The van der Waals surface area contributed by atoms with Gasteiger partial charge in [0.25, 0.3) is 0 Å². The molecule has 2 N–H and O–H groups in total. The molecule has 0 bridgehead atoms. The predicted molar refractivity (Wildman–Crippen MR) is 89.2 cm³/mol. The minimum atomic E-state index is 0.0462. The van der Waals surface area contributed by atoms with Crippen LogP contribution < -0.4 is 5.73 Å². The maximum absolute atomic E-state index is 11.8. The second-order valence-electron chi connectivity index (χ2n) is 5.36. The van der Waals surface area contributed by atoms with Crippen molar-refractivity contribution in [2.75, 3.05) is 26.0 Å². The first-order valence-corrected chi connectivity index (χ1v) is 8.01. The minimum Gasteiger partial charge on any atom is -0.383 e. The quantitative estimate of drug-likeness (QED) is 0.745. The monoisotopic (exact) mass is 416 g/mol. The number of nitrogens with two attached hydrogens (primary N) is 1. The Labute approximate surface area is 141 Å². The summed E-state index contributed by atoms with van der Waals surface area (Å²) in [4.78, 5) is 22.0. The standard InChI is InChI=1S/C13H17IN6O2/c1-7(21)19-4-8(3-9(19)5-22-2)20-13-10(11(14)18-20)12(15)16-6-17-13/h6,8-9H,3-5H2,1-2H3,(H2,15,16,17)/t8?,9-/m1/s1. The van der Waals surface area contributed by atoms with E-state index in [-0.39, 0.29) is 18.0 Å². The summed E-state index contributed by atoms with van der Waals surface area (Å²) >= 11 is 2.13. The first kappa shape index (κ1) is 15.4. The zero-order valence-electron chi connectivity index (χ0n) is 12.4. The van der Waals surface area contributed by atoms with Gasteiger partial charge in [0, 0.05) is 20.6 Å². The molecule has 2 aromatic rings. The molecule has 22 heavy (non-hydrogen) atoms. The number of nitrogens with zero attached hydrogens (tertiary/aromatic N) is 5. The highest BCUT2D eigenvalue weighted by molar-refractivity contribution is 14.1. The highest BCUT2D eigenvalue weighted by Crippen LogP contribution is 2.32. The van der Waals surface area contributed by atoms with Gasteiger partial charge < -0.3 is 15.4 Å². The molecule has 2 atom stereocenters. The van der Waals surface area contributed by atoms with Crippen LogP contribution in [0.5, 0.6) is 0 Å². The van der Waals surface area contributed by atoms with E-state index in [1.807, 2.05) is 9.58 Å². The van der Waals surface area contributed by atoms with Crippen molar-refractivity contribution in [3.8, 4) is 0 Å². The summed E-state index contributed by atoms with van der Waals surface area (Å²) < 4.78 is 7.87. The van der Waals surface area contributed by atoms with E-state index in [2.05, 4.69) is 37.7 Å². The molecule has 0 saturated carbocycles. The molecule has 0 aliphatic carbocycles. The molecular formula is C13H17IN6O2. The van der Waals surface area contributed by atoms with Crippen LogP contribution in [0.4, 0.5) is 5.82 Å². The van der Waals surface area contributed by atoms with Crippen molar-refractivity contribution >= 4 is 45.3 Å². The first-order valence-electron chi connectivity index (χ1n) is 6.93. The van der Waals surface area contributed by atoms with Crippen molar-refractivity contribution in [2.24, 2.45) is 0 Å². The molecule has 1 fully saturated rings. The van der Waals surface area contributed by atoms with Crippen LogP contribution in [0.3, 0.4) is 0 Å². The molecule has 3 heterocycles. The summed E-state index contributed by atoms with van der Waals surface area (Å²) in [5, 5.41) is 5.33. The molecule has 1 saturated heterocycles. The van der Waals surface area contributed by atoms with Crippen LogP contribution in [0.1, 0.15) is 19.4 Å². The largest absolute Gasteiger partial charge is 0.383 e. The number of hydrogen-bond donors (Lipinski definition) is 1. The Bertz CT molecular complexity index is 718. The molecule has 8 nitrogen and oxygen atoms in total. The van der Waals surface area contributed by atoms with Crippen LogP contribution in [-0.4, -0.2) is 56.9 Å². The maximum Gasteiger partial charge on any atom is 0.219 e. The summed E-state index contributed by atoms with van der Waals surface area (Å²) in [5.41, 5.74) is 6.64. The van der Waals surface area contributed by atoms with Crippen LogP contribution in [0.15, 0.2) is 6.33 Å². The number of nitrogen functional groups attached to an aromatic ring is 1. The lowest BCUT2D eigenvalue weighted by Gasteiger charge is -2.21. The molecule has 1 amide bonds. The number of likely N-dealkylation sites (tertiary alicyclic amines) is 1. The van der Waals surface area contributed by atoms with Gasteiger partial charge in [-0.15, -0.1) is 0 Å². The molecule has 0 aromatic carbocycles. The average Bonchev–Trinajstić information content (AvgIpc) is 3.02. The topological polar surface area (TPSA) is 99.2 Å². The Balaban J connectivity index is 1.99. The summed E-state index contributed by atoms with van der Waals surface area (Å²) in [7, 11) is 1.64. The molecule has 3 rings (SSSR count). The highest BCUT2D eigenvalue weighted by atomic mass is 127. The Morgan fingerprint density at radius 1 is 1.55 bits per heavy atom. The fourth-order valence-electron chi connectivity index (χ4n) is 3.01. The lowest BCUT2D eigenvalue weighted by Crippen LogP contribution is -2.36. The number of fused-ring (bicyclic) bond motifs is 1. The normalized spacial score (nSPS) is 21.7. The Kier molecular flexibility index (Phi) is 4.17. The van der Waals surface area contributed by atoms with Crippen molar-refractivity contribution in [2.45, 2.75) is 25.4 Å². The number of anilines is 1. The third-order valence-corrected chi connectivity index (χ3v) is 4.73. The zero-order chi connectivity index (χ0) is 15.9. The van der Waals surface area contributed by atoms with E-state index in [0.717, 1.165) is 15.5 Å². The van der Waals surface area contributed by atoms with Crippen molar-refractivity contribution in [1.29, 1.82) is 0 Å². The van der Waals surface area contributed by atoms with E-state index < -0.39 is 0 Å². The van der Waals surface area contributed by atoms with Crippen LogP contribution in [-0.2, 0) is 9.53 Å². The second-order valence-corrected chi connectivity index (χ2v) is 6.38. The molecule has 1 aliphatic heterocycles. The van der Waals surface area contributed by atoms with E-state index in [9.17, 15) is 4.79 Å². The van der Waals surface area contributed by atoms with E-state index in [4.69, 9.17) is 10.5 Å². The number of aromatic nitrogens is 4. The smallest absolute Gasteiger partial charge is 0.219 e. The molecule has 0 spiro atoms. The lowest BCUT2D eigenvalue weighted by molar-refractivity contribution is -0.130. The summed E-state index contributed by atoms with van der Waals surface area (Å²) in [5.74, 6) is 0.473. The van der Waals surface area contributed by atoms with Gasteiger partial charge >= 0.3 is 0 Å². The highest BCUT2D eigenvalue weighted by Gasteiger charge is 2.36. The number of halogens is 1. The summed E-state index contributed by atoms with van der Waals surface area (Å²) in [6, 6.07) is 0.118. The van der Waals surface area contributed by atoms with Crippen LogP contribution in [0.25, 0.3) is 11.0 Å². The van der Waals surface area contributed by atoms with Crippen molar-refractivity contribution in [1.82, 2.24) is 24.6 Å². The lowest BCUT2D eigenvalue weighted by atomic mass is 10.2. The molecule has 2 aromatic heterocycles. The minimum absolute atomic E-state index is 0.0462. The van der Waals surface area contributed by atoms with Gasteiger partial charge in [-0.05, 0) is 29.0 Å². The van der Waals surface area contributed by atoms with Gasteiger partial charge in [0.2, 0.25) is 5.91 Å². The molecular weight excluding hydrogens is 399 g/mol. The molecule has 0 radical (unpaired) electrons. The van der Waals surface area contributed by atoms with Crippen LogP contribution >= 0.6 is 22.6 Å². The number of ether oxygens (including phenoxy) is 1. The first-order chi connectivity index (χ1) is 10.5. The van der Waals surface area contributed by atoms with Crippen molar-refractivity contribution in [3.63, 3.8) is 0 Å². The summed E-state index contributed by atoms with van der Waals surface area (Å²) in [6.45, 7) is 2.69. The van der Waals surface area contributed by atoms with E-state index in [1.54, 1.807) is 14.0 Å². The van der Waals surface area contributed by atoms with E-state index >= 15 is 0 Å². The van der Waals surface area contributed by atoms with Gasteiger partial charge in [0.05, 0.1) is 24.1 Å². The van der Waals surface area contributed by atoms with Gasteiger partial charge in [-0.1, -0.05) is 0 Å². The van der Waals surface area contributed by atoms with Crippen LogP contribution in [0.2, 0.25) is 0 Å². The number of rotatable bonds is 3. The van der Waals surface area contributed by atoms with Gasteiger partial charge in [-0.3, -0.25) is 4.79 Å². The van der Waals surface area contributed by atoms with Crippen LogP contribution in [0, 0.1) is 3.70 Å². The molecule has 1 aliphatic rings. The Morgan fingerprint density at radius 2 is 2.32 bits per heavy atom. The SMILES string of the molecule is COC[C@H]1CC(n2nc(I)c3c(N)ncnc32)CN1C(C)=O. The number of carbonyl (C=O) groups is 1. The van der Waals surface area contributed by atoms with Crippen molar-refractivity contribution < 1.29 is 9.53 Å². The zero-order valence-corrected chi connectivity index (χ0v) is 14.5. The van der Waals surface area contributed by atoms with E-state index in [1.165, 1.54) is 6.33 Å². The van der Waals surface area contributed by atoms with Crippen molar-refractivity contribution in [3.05, 3.63) is 10.0 Å². The average molecular weight is 416 g/mol. The van der Waals surface area contributed by atoms with Gasteiger partial charge in [-0.25, -0.2) is 14.6 Å². The second kappa shape index (κ2) is 5.95.